The molecule has 1 saturated carbocycles. The lowest BCUT2D eigenvalue weighted by atomic mass is 10.0. The molecule has 3 aromatic heterocycles. The number of aryl methyl sites for hydroxylation is 3. The molecule has 1 fully saturated rings. The summed E-state index contributed by atoms with van der Waals surface area (Å²) in [5, 5.41) is 8.26. The first-order valence-electron chi connectivity index (χ1n) is 14.2. The van der Waals surface area contributed by atoms with Crippen molar-refractivity contribution < 1.29 is 14.0 Å². The molecule has 0 saturated heterocycles. The number of halogens is 1. The Morgan fingerprint density at radius 3 is 2.71 bits per heavy atom. The van der Waals surface area contributed by atoms with Crippen LogP contribution < -0.4 is 10.0 Å². The van der Waals surface area contributed by atoms with Crippen LogP contribution in [0.3, 0.4) is 0 Å². The molecule has 3 heterocycles. The maximum atomic E-state index is 13.4. The zero-order valence-corrected chi connectivity index (χ0v) is 24.7. The van der Waals surface area contributed by atoms with Crippen LogP contribution in [0.1, 0.15) is 54.1 Å². The van der Waals surface area contributed by atoms with Gasteiger partial charge in [-0.2, -0.15) is 4.98 Å². The summed E-state index contributed by atoms with van der Waals surface area (Å²) in [6.07, 6.45) is 8.29. The average molecular weight is 585 g/mol. The molecular formula is C32H33FN6O2S. The van der Waals surface area contributed by atoms with Gasteiger partial charge in [-0.3, -0.25) is 19.6 Å². The lowest BCUT2D eigenvalue weighted by molar-refractivity contribution is -0.117. The molecular weight excluding hydrogens is 551 g/mol. The quantitative estimate of drug-likeness (QED) is 0.184. The first-order valence-corrected chi connectivity index (χ1v) is 15.1. The van der Waals surface area contributed by atoms with Crippen molar-refractivity contribution in [3.63, 3.8) is 0 Å². The van der Waals surface area contributed by atoms with Gasteiger partial charge in [0.05, 0.1) is 5.56 Å². The summed E-state index contributed by atoms with van der Waals surface area (Å²) < 4.78 is 20.0. The van der Waals surface area contributed by atoms with Crippen molar-refractivity contribution in [1.82, 2.24) is 23.9 Å². The van der Waals surface area contributed by atoms with Gasteiger partial charge < -0.3 is 4.57 Å². The van der Waals surface area contributed by atoms with E-state index in [0.29, 0.717) is 17.2 Å². The number of pyridine rings is 1. The molecule has 0 aliphatic heterocycles. The van der Waals surface area contributed by atoms with Crippen LogP contribution in [0.25, 0.3) is 27.7 Å². The molecule has 42 heavy (non-hydrogen) atoms. The highest BCUT2D eigenvalue weighted by Gasteiger charge is 2.30. The molecule has 1 aliphatic rings. The number of benzene rings is 2. The average Bonchev–Trinajstić information content (AvgIpc) is 3.67. The van der Waals surface area contributed by atoms with Crippen LogP contribution in [0.4, 0.5) is 10.3 Å². The maximum Gasteiger partial charge on any atom is 0.263 e. The molecule has 2 amide bonds. The van der Waals surface area contributed by atoms with Crippen molar-refractivity contribution in [3.05, 3.63) is 83.4 Å². The molecule has 0 bridgehead atoms. The van der Waals surface area contributed by atoms with E-state index in [1.54, 1.807) is 10.6 Å². The molecule has 2 aromatic carbocycles. The summed E-state index contributed by atoms with van der Waals surface area (Å²) in [5.74, 6) is 0.0184. The predicted molar refractivity (Wildman–Crippen MR) is 165 cm³/mol. The van der Waals surface area contributed by atoms with Crippen LogP contribution in [0.5, 0.6) is 0 Å². The highest BCUT2D eigenvalue weighted by Crippen LogP contribution is 2.31. The van der Waals surface area contributed by atoms with Gasteiger partial charge in [0.25, 0.3) is 5.91 Å². The fraction of sp³-hybridized carbons (Fsp3) is 0.312. The van der Waals surface area contributed by atoms with E-state index in [0.717, 1.165) is 65.3 Å². The van der Waals surface area contributed by atoms with Crippen LogP contribution in [0, 0.1) is 18.7 Å². The summed E-state index contributed by atoms with van der Waals surface area (Å²) in [6.45, 7) is 4.04. The van der Waals surface area contributed by atoms with Gasteiger partial charge in [0.2, 0.25) is 11.9 Å². The third-order valence-corrected chi connectivity index (χ3v) is 8.74. The molecule has 5 aromatic rings. The largest absolute Gasteiger partial charge is 0.350 e. The molecule has 1 aliphatic carbocycles. The van der Waals surface area contributed by atoms with E-state index in [4.69, 9.17) is 0 Å². The minimum Gasteiger partial charge on any atom is -0.350 e. The lowest BCUT2D eigenvalue weighted by Crippen LogP contribution is -2.19. The molecule has 6 rings (SSSR count). The topological polar surface area (TPSA) is 93.3 Å². The van der Waals surface area contributed by atoms with Crippen molar-refractivity contribution in [1.29, 1.82) is 0 Å². The van der Waals surface area contributed by atoms with Crippen LogP contribution in [0.2, 0.25) is 0 Å². The summed E-state index contributed by atoms with van der Waals surface area (Å²) in [6, 6.07) is 14.9. The van der Waals surface area contributed by atoms with E-state index in [9.17, 15) is 14.0 Å². The normalized spacial score (nSPS) is 13.9. The Morgan fingerprint density at radius 2 is 1.93 bits per heavy atom. The summed E-state index contributed by atoms with van der Waals surface area (Å²) in [4.78, 5) is 29.9. The summed E-state index contributed by atoms with van der Waals surface area (Å²) in [7, 11) is 1.94. The van der Waals surface area contributed by atoms with Crippen molar-refractivity contribution in [2.75, 3.05) is 5.32 Å². The number of anilines is 1. The van der Waals surface area contributed by atoms with E-state index in [2.05, 4.69) is 27.0 Å². The van der Waals surface area contributed by atoms with Gasteiger partial charge in [-0.1, -0.05) is 19.1 Å². The second-order valence-electron chi connectivity index (χ2n) is 11.1. The van der Waals surface area contributed by atoms with Gasteiger partial charge in [0.1, 0.15) is 5.82 Å². The number of rotatable bonds is 10. The number of nitrogens with one attached hydrogen (secondary N) is 2. The molecule has 8 nitrogen and oxygen atoms in total. The van der Waals surface area contributed by atoms with E-state index < -0.39 is 0 Å². The highest BCUT2D eigenvalue weighted by molar-refractivity contribution is 7.98. The number of fused-ring (bicyclic) bond motifs is 2. The van der Waals surface area contributed by atoms with Crippen molar-refractivity contribution in [2.45, 2.75) is 51.2 Å². The first kappa shape index (κ1) is 28.0. The molecule has 216 valence electrons. The van der Waals surface area contributed by atoms with Crippen LogP contribution >= 0.6 is 11.9 Å². The van der Waals surface area contributed by atoms with Crippen molar-refractivity contribution >= 4 is 46.3 Å². The third-order valence-electron chi connectivity index (χ3n) is 7.80. The predicted octanol–water partition coefficient (Wildman–Crippen LogP) is 6.47. The fourth-order valence-corrected chi connectivity index (χ4v) is 5.91. The zero-order chi connectivity index (χ0) is 29.4. The Balaban J connectivity index is 1.12. The van der Waals surface area contributed by atoms with E-state index in [1.807, 2.05) is 67.3 Å². The summed E-state index contributed by atoms with van der Waals surface area (Å²) >= 11 is 1.44. The Labute approximate surface area is 247 Å². The number of aromatic nitrogens is 4. The number of hydrogen-bond acceptors (Lipinski definition) is 5. The van der Waals surface area contributed by atoms with Gasteiger partial charge in [-0.25, -0.2) is 8.91 Å². The van der Waals surface area contributed by atoms with Crippen LogP contribution in [-0.2, 0) is 18.3 Å². The SMILES string of the molecule is Cc1cc(F)ccc1CCCC(C)SNC(=O)c1cn(C)c2ccc(-c3ccn4nc(NC(=O)C5CC5)nc4c3)cc12. The van der Waals surface area contributed by atoms with Gasteiger partial charge in [0.15, 0.2) is 5.65 Å². The third kappa shape index (κ3) is 6.04. The number of carbonyl (C=O) groups excluding carboxylic acids is 2. The van der Waals surface area contributed by atoms with E-state index in [1.165, 1.54) is 18.0 Å². The van der Waals surface area contributed by atoms with E-state index in [-0.39, 0.29) is 28.8 Å². The smallest absolute Gasteiger partial charge is 0.263 e. The Hall–Kier alpha value is -4.18. The zero-order valence-electron chi connectivity index (χ0n) is 23.9. The van der Waals surface area contributed by atoms with Gasteiger partial charge in [-0.05, 0) is 110 Å². The van der Waals surface area contributed by atoms with Crippen molar-refractivity contribution in [3.8, 4) is 11.1 Å². The number of carbonyl (C=O) groups is 2. The van der Waals surface area contributed by atoms with Crippen LogP contribution in [-0.4, -0.2) is 36.2 Å². The fourth-order valence-electron chi connectivity index (χ4n) is 5.21. The molecule has 10 heteroatoms. The van der Waals surface area contributed by atoms with Crippen LogP contribution in [0.15, 0.2) is 60.9 Å². The standard InChI is InChI=1S/C32H33FN6O2S/c1-19-15-25(33)11-9-21(19)6-4-5-20(2)42-37-31(41)27-18-38(3)28-12-10-23(16-26(27)28)24-13-14-39-29(17-24)34-32(36-39)35-30(40)22-7-8-22/h9-18,20,22H,4-8H2,1-3H3,(H,37,41)(H,35,36,40). The molecule has 2 N–H and O–H groups in total. The van der Waals surface area contributed by atoms with E-state index >= 15 is 0 Å². The van der Waals surface area contributed by atoms with Gasteiger partial charge in [0, 0.05) is 41.5 Å². The van der Waals surface area contributed by atoms with Crippen molar-refractivity contribution in [2.24, 2.45) is 13.0 Å². The Kier molecular flexibility index (Phi) is 7.72. The lowest BCUT2D eigenvalue weighted by Gasteiger charge is -2.12. The van der Waals surface area contributed by atoms with Gasteiger partial charge in [-0.15, -0.1) is 5.10 Å². The van der Waals surface area contributed by atoms with Gasteiger partial charge >= 0.3 is 0 Å². The number of amides is 2. The monoisotopic (exact) mass is 584 g/mol. The minimum absolute atomic E-state index is 0.0286. The Bertz CT molecular complexity index is 1810. The second-order valence-corrected chi connectivity index (χ2v) is 12.4. The molecule has 0 spiro atoms. The highest BCUT2D eigenvalue weighted by atomic mass is 32.2. The molecule has 1 unspecified atom stereocenters. The molecule has 0 radical (unpaired) electrons. The minimum atomic E-state index is -0.205. The second kappa shape index (κ2) is 11.6. The molecule has 1 atom stereocenters. The number of nitrogens with zero attached hydrogens (tertiary/aromatic N) is 4. The summed E-state index contributed by atoms with van der Waals surface area (Å²) in [5.41, 5.74) is 6.23. The Morgan fingerprint density at radius 1 is 1.12 bits per heavy atom. The maximum absolute atomic E-state index is 13.4. The number of hydrogen-bond donors (Lipinski definition) is 2. The first-order chi connectivity index (χ1) is 20.2.